The lowest BCUT2D eigenvalue weighted by Gasteiger charge is -2.13. The fourth-order valence-corrected chi connectivity index (χ4v) is 6.64. The van der Waals surface area contributed by atoms with Crippen molar-refractivity contribution in [1.29, 1.82) is 0 Å². The van der Waals surface area contributed by atoms with Gasteiger partial charge in [-0.1, -0.05) is 55.5 Å². The van der Waals surface area contributed by atoms with Crippen LogP contribution in [0.25, 0.3) is 38.7 Å². The van der Waals surface area contributed by atoms with Gasteiger partial charge in [0.05, 0.1) is 11.9 Å². The lowest BCUT2D eigenvalue weighted by Crippen LogP contribution is -2.33. The van der Waals surface area contributed by atoms with Gasteiger partial charge in [-0.25, -0.2) is 4.98 Å². The van der Waals surface area contributed by atoms with Gasteiger partial charge in [-0.15, -0.1) is 0 Å². The molecule has 1 saturated carbocycles. The zero-order valence-corrected chi connectivity index (χ0v) is 22.4. The lowest BCUT2D eigenvalue weighted by molar-refractivity contribution is 0.588. The number of hydrogen-bond acceptors (Lipinski definition) is 3. The maximum atomic E-state index is 4.76. The van der Waals surface area contributed by atoms with Crippen molar-refractivity contribution >= 4 is 22.1 Å². The Morgan fingerprint density at radius 3 is 2.24 bits per heavy atom. The Bertz CT molecular complexity index is 1540. The number of fused-ring (bicyclic) bond motifs is 1. The van der Waals surface area contributed by atoms with Gasteiger partial charge in [0, 0.05) is 41.9 Å². The average molecular weight is 501 g/mol. The summed E-state index contributed by atoms with van der Waals surface area (Å²) >= 11 is 0. The molecule has 7 rings (SSSR count). The van der Waals surface area contributed by atoms with Crippen molar-refractivity contribution in [2.75, 3.05) is 0 Å². The molecule has 4 nitrogen and oxygen atoms in total. The van der Waals surface area contributed by atoms with E-state index in [0.717, 1.165) is 23.9 Å². The van der Waals surface area contributed by atoms with Crippen molar-refractivity contribution in [3.8, 4) is 22.4 Å². The highest BCUT2D eigenvalue weighted by atomic mass is 15.0. The highest BCUT2D eigenvalue weighted by Crippen LogP contribution is 2.37. The molecular weight excluding hydrogens is 464 g/mol. The summed E-state index contributed by atoms with van der Waals surface area (Å²) < 4.78 is 0. The Kier molecular flexibility index (Phi) is 6.01. The molecule has 38 heavy (non-hydrogen) atoms. The summed E-state index contributed by atoms with van der Waals surface area (Å²) in [6, 6.07) is 23.6. The number of nitrogens with zero attached hydrogens (tertiary/aromatic N) is 2. The van der Waals surface area contributed by atoms with Crippen LogP contribution in [0.3, 0.4) is 0 Å². The quantitative estimate of drug-likeness (QED) is 0.291. The van der Waals surface area contributed by atoms with Crippen molar-refractivity contribution in [3.63, 3.8) is 0 Å². The van der Waals surface area contributed by atoms with Gasteiger partial charge in [0.2, 0.25) is 0 Å². The molecule has 4 atom stereocenters. The number of nitrogens with one attached hydrogen (secondary N) is 2. The van der Waals surface area contributed by atoms with Crippen LogP contribution in [0.15, 0.2) is 78.1 Å². The predicted molar refractivity (Wildman–Crippen MR) is 158 cm³/mol. The molecule has 0 amide bonds. The monoisotopic (exact) mass is 500 g/mol. The number of rotatable bonds is 5. The van der Waals surface area contributed by atoms with E-state index >= 15 is 0 Å². The Labute approximate surface area is 225 Å². The van der Waals surface area contributed by atoms with Gasteiger partial charge in [-0.05, 0) is 90.1 Å². The minimum absolute atomic E-state index is 0.447. The molecule has 4 heteroatoms. The third kappa shape index (κ3) is 4.52. The maximum Gasteiger partial charge on any atom is 0.109 e. The summed E-state index contributed by atoms with van der Waals surface area (Å²) in [5.74, 6) is 2.55. The second-order valence-corrected chi connectivity index (χ2v) is 11.8. The zero-order chi connectivity index (χ0) is 25.6. The van der Waals surface area contributed by atoms with Crippen molar-refractivity contribution in [1.82, 2.24) is 15.3 Å². The second-order valence-electron chi connectivity index (χ2n) is 11.8. The number of allylic oxidation sites excluding steroid dienone is 1. The first-order valence-electron chi connectivity index (χ1n) is 14.3. The molecule has 2 aliphatic heterocycles. The van der Waals surface area contributed by atoms with E-state index < -0.39 is 0 Å². The third-order valence-electron chi connectivity index (χ3n) is 8.95. The van der Waals surface area contributed by atoms with Crippen LogP contribution >= 0.6 is 0 Å². The van der Waals surface area contributed by atoms with Crippen LogP contribution in [0.4, 0.5) is 0 Å². The third-order valence-corrected chi connectivity index (χ3v) is 8.95. The SMILES string of the molecule is C[C@H]1CC[C@@H](c2ncc(-c3ccc4cc(-c5ccc(C6=CN=C([C@@H]7CC[C@H](C)N7)C6)cc5)ccc4c3)[nH]2)C1. The number of aromatic amines is 1. The van der Waals surface area contributed by atoms with E-state index in [1.54, 1.807) is 0 Å². The lowest BCUT2D eigenvalue weighted by atomic mass is 9.95. The fourth-order valence-electron chi connectivity index (χ4n) is 6.64. The zero-order valence-electron chi connectivity index (χ0n) is 22.4. The Morgan fingerprint density at radius 1 is 0.763 bits per heavy atom. The topological polar surface area (TPSA) is 53.1 Å². The molecule has 2 N–H and O–H groups in total. The summed E-state index contributed by atoms with van der Waals surface area (Å²) in [7, 11) is 0. The first-order chi connectivity index (χ1) is 18.6. The first kappa shape index (κ1) is 23.6. The molecule has 4 aromatic rings. The second kappa shape index (κ2) is 9.67. The molecule has 192 valence electrons. The van der Waals surface area contributed by atoms with Crippen LogP contribution in [0.2, 0.25) is 0 Å². The van der Waals surface area contributed by atoms with Gasteiger partial charge in [-0.2, -0.15) is 0 Å². The van der Waals surface area contributed by atoms with Crippen LogP contribution in [0.1, 0.15) is 69.7 Å². The smallest absolute Gasteiger partial charge is 0.109 e. The van der Waals surface area contributed by atoms with Crippen LogP contribution in [0, 0.1) is 5.92 Å². The van der Waals surface area contributed by atoms with Gasteiger partial charge >= 0.3 is 0 Å². The summed E-state index contributed by atoms with van der Waals surface area (Å²) in [4.78, 5) is 13.1. The van der Waals surface area contributed by atoms with Crippen molar-refractivity contribution in [2.24, 2.45) is 10.9 Å². The molecule has 2 fully saturated rings. The predicted octanol–water partition coefficient (Wildman–Crippen LogP) is 8.13. The molecular formula is C34H36N4. The van der Waals surface area contributed by atoms with Crippen LogP contribution < -0.4 is 5.32 Å². The van der Waals surface area contributed by atoms with Gasteiger partial charge in [0.25, 0.3) is 0 Å². The van der Waals surface area contributed by atoms with Gasteiger partial charge in [-0.3, -0.25) is 4.99 Å². The molecule has 3 aromatic carbocycles. The van der Waals surface area contributed by atoms with E-state index in [9.17, 15) is 0 Å². The molecule has 3 heterocycles. The summed E-state index contributed by atoms with van der Waals surface area (Å²) in [5, 5.41) is 6.18. The van der Waals surface area contributed by atoms with Gasteiger partial charge in [0.15, 0.2) is 0 Å². The van der Waals surface area contributed by atoms with E-state index in [4.69, 9.17) is 9.98 Å². The van der Waals surface area contributed by atoms with Gasteiger partial charge in [0.1, 0.15) is 5.82 Å². The normalized spacial score (nSPS) is 25.2. The minimum atomic E-state index is 0.447. The van der Waals surface area contributed by atoms with Crippen molar-refractivity contribution in [2.45, 2.75) is 70.4 Å². The van der Waals surface area contributed by atoms with E-state index in [0.29, 0.717) is 18.0 Å². The van der Waals surface area contributed by atoms with E-state index in [-0.39, 0.29) is 0 Å². The molecule has 1 saturated heterocycles. The summed E-state index contributed by atoms with van der Waals surface area (Å²) in [5.41, 5.74) is 8.70. The highest BCUT2D eigenvalue weighted by molar-refractivity contribution is 6.01. The van der Waals surface area contributed by atoms with E-state index in [1.807, 2.05) is 6.20 Å². The van der Waals surface area contributed by atoms with Crippen LogP contribution in [-0.4, -0.2) is 27.8 Å². The summed E-state index contributed by atoms with van der Waals surface area (Å²) in [6.45, 7) is 4.61. The number of aliphatic imine (C=N–C) groups is 1. The average Bonchev–Trinajstić information content (AvgIpc) is 3.75. The molecule has 0 spiro atoms. The first-order valence-corrected chi connectivity index (χ1v) is 14.3. The fraction of sp³-hybridized carbons (Fsp3) is 0.353. The standard InChI is InChI=1S/C34H36N4/c1-21-3-5-29(15-21)34-36-20-33(38-34)28-13-12-26-16-25(10-11-27(26)17-28)23-6-8-24(9-7-23)30-18-32(35-19-30)31-14-4-22(2)37-31/h6-13,16-17,19-22,29,31,37H,3-5,14-15,18H2,1-2H3,(H,36,38)/t21-,22-,29+,31-/m0/s1. The molecule has 0 radical (unpaired) electrons. The number of imidazole rings is 1. The maximum absolute atomic E-state index is 4.76. The molecule has 1 aliphatic carbocycles. The van der Waals surface area contributed by atoms with Crippen LogP contribution in [0.5, 0.6) is 0 Å². The Morgan fingerprint density at radius 2 is 1.50 bits per heavy atom. The van der Waals surface area contributed by atoms with E-state index in [1.165, 1.54) is 76.4 Å². The molecule has 0 bridgehead atoms. The van der Waals surface area contributed by atoms with Crippen LogP contribution in [-0.2, 0) is 0 Å². The molecule has 0 unspecified atom stereocenters. The minimum Gasteiger partial charge on any atom is -0.342 e. The Hall–Kier alpha value is -3.50. The molecule has 1 aromatic heterocycles. The largest absolute Gasteiger partial charge is 0.342 e. The summed E-state index contributed by atoms with van der Waals surface area (Å²) in [6.07, 6.45) is 11.3. The van der Waals surface area contributed by atoms with Crippen molar-refractivity contribution in [3.05, 3.63) is 84.4 Å². The highest BCUT2D eigenvalue weighted by Gasteiger charge is 2.27. The number of hydrogen-bond donors (Lipinski definition) is 2. The number of benzene rings is 3. The van der Waals surface area contributed by atoms with E-state index in [2.05, 4.69) is 91.0 Å². The number of aromatic nitrogens is 2. The van der Waals surface area contributed by atoms with Crippen molar-refractivity contribution < 1.29 is 0 Å². The van der Waals surface area contributed by atoms with Gasteiger partial charge < -0.3 is 10.3 Å². The molecule has 3 aliphatic rings. The number of H-pyrrole nitrogens is 1. The Balaban J connectivity index is 1.06.